The van der Waals surface area contributed by atoms with Gasteiger partial charge in [-0.25, -0.2) is 9.59 Å². The van der Waals surface area contributed by atoms with Crippen LogP contribution in [0.15, 0.2) is 60.7 Å². The fourth-order valence-electron chi connectivity index (χ4n) is 9.28. The van der Waals surface area contributed by atoms with Gasteiger partial charge in [-0.05, 0) is 24.0 Å². The molecule has 5 fully saturated rings. The van der Waals surface area contributed by atoms with Gasteiger partial charge < -0.3 is 34.6 Å². The van der Waals surface area contributed by atoms with E-state index in [0.29, 0.717) is 41.3 Å². The molecule has 7 rings (SSSR count). The highest BCUT2D eigenvalue weighted by Gasteiger charge is 2.57. The second-order valence-electron chi connectivity index (χ2n) is 14.5. The van der Waals surface area contributed by atoms with Gasteiger partial charge in [-0.3, -0.25) is 9.59 Å². The van der Waals surface area contributed by atoms with Crippen molar-refractivity contribution in [2.45, 2.75) is 105 Å². The molecule has 0 aromatic heterocycles. The summed E-state index contributed by atoms with van der Waals surface area (Å²) in [5.74, 6) is -0.512. The molecule has 0 radical (unpaired) electrons. The number of piperidine rings is 1. The lowest BCUT2D eigenvalue weighted by atomic mass is 9.85. The molecule has 5 atom stereocenters. The molecule has 3 amide bonds. The molecule has 5 aliphatic rings. The molecule has 5 aliphatic heterocycles. The van der Waals surface area contributed by atoms with E-state index >= 15 is 0 Å². The summed E-state index contributed by atoms with van der Waals surface area (Å²) in [6.45, 7) is 1.67. The normalized spacial score (nSPS) is 27.7. The number of nitrogens with one attached hydrogen (secondary N) is 3. The van der Waals surface area contributed by atoms with Crippen LogP contribution in [0.25, 0.3) is 0 Å². The van der Waals surface area contributed by atoms with Crippen molar-refractivity contribution in [2.75, 3.05) is 32.2 Å². The number of esters is 2. The number of carbonyl (C=O) groups excluding carboxylic acids is 4. The standard InChI is InChI=1S/C38H48N4O7S/c43-33(16-8-7-15-32-35-31(24-50-32)40-37(46)41-35)39-23-34(44)47-25-48-38(26-11-3-1-4-12-26,27-13-5-2-6-14-27)36(45)49-30-21-28-17-18-29(22-30)42(28)19-9-10-20-42/h1-6,11-14,28-32,35H,7-10,15-25H2,(H2-,39,40,41,43,46)/p+1/t28?,29?,30?,31-,32-,35-/m0/s1. The molecule has 2 aromatic rings. The molecule has 1 spiro atoms. The number of rotatable bonds is 14. The number of hydrogen-bond acceptors (Lipinski definition) is 8. The van der Waals surface area contributed by atoms with E-state index in [1.165, 1.54) is 43.3 Å². The average Bonchev–Trinajstić information content (AvgIpc) is 3.89. The number of carbonyl (C=O) groups is 4. The summed E-state index contributed by atoms with van der Waals surface area (Å²) in [6, 6.07) is 19.7. The predicted octanol–water partition coefficient (Wildman–Crippen LogP) is 4.14. The van der Waals surface area contributed by atoms with Gasteiger partial charge in [0.05, 0.1) is 37.3 Å². The number of ether oxygens (including phenoxy) is 3. The number of unbranched alkanes of at least 4 members (excludes halogenated alkanes) is 1. The van der Waals surface area contributed by atoms with Crippen molar-refractivity contribution in [3.8, 4) is 0 Å². The third kappa shape index (κ3) is 7.11. The molecule has 50 heavy (non-hydrogen) atoms. The van der Waals surface area contributed by atoms with E-state index < -0.39 is 24.3 Å². The SMILES string of the molecule is O=C(CCCC[C@@H]1SC[C@@H]2NC(=O)N[C@@H]21)NCC(=O)OCOC(C(=O)OC1CC2CCC(C1)[N+]21CCCC1)(c1ccccc1)c1ccccc1. The molecule has 0 saturated carbocycles. The second-order valence-corrected chi connectivity index (χ2v) is 15.7. The van der Waals surface area contributed by atoms with Crippen LogP contribution in [-0.2, 0) is 34.2 Å². The molecule has 2 unspecified atom stereocenters. The number of amides is 3. The molecule has 2 aromatic carbocycles. The smallest absolute Gasteiger partial charge is 0.348 e. The molecule has 0 aliphatic carbocycles. The maximum atomic E-state index is 14.5. The second kappa shape index (κ2) is 15.3. The third-order valence-corrected chi connectivity index (χ3v) is 13.2. The van der Waals surface area contributed by atoms with Crippen LogP contribution < -0.4 is 16.0 Å². The molecule has 12 heteroatoms. The maximum absolute atomic E-state index is 14.5. The number of urea groups is 1. The Kier molecular flexibility index (Phi) is 10.7. The number of hydrogen-bond donors (Lipinski definition) is 3. The van der Waals surface area contributed by atoms with Gasteiger partial charge in [-0.2, -0.15) is 11.8 Å². The van der Waals surface area contributed by atoms with Gasteiger partial charge in [0.2, 0.25) is 11.5 Å². The van der Waals surface area contributed by atoms with Gasteiger partial charge in [0.1, 0.15) is 12.6 Å². The van der Waals surface area contributed by atoms with Crippen LogP contribution in [0.2, 0.25) is 0 Å². The zero-order valence-corrected chi connectivity index (χ0v) is 29.4. The van der Waals surface area contributed by atoms with Crippen molar-refractivity contribution < 1.29 is 37.9 Å². The Hall–Kier alpha value is -3.61. The Labute approximate surface area is 298 Å². The summed E-state index contributed by atoms with van der Waals surface area (Å²) in [5.41, 5.74) is -0.488. The van der Waals surface area contributed by atoms with Crippen molar-refractivity contribution >= 4 is 35.6 Å². The lowest BCUT2D eigenvalue weighted by Gasteiger charge is -2.47. The first-order chi connectivity index (χ1) is 24.4. The molecule has 5 heterocycles. The van der Waals surface area contributed by atoms with Gasteiger partial charge in [-0.15, -0.1) is 0 Å². The van der Waals surface area contributed by atoms with Crippen LogP contribution in [0, 0.1) is 0 Å². The third-order valence-electron chi connectivity index (χ3n) is 11.7. The summed E-state index contributed by atoms with van der Waals surface area (Å²) in [5, 5.41) is 8.92. The summed E-state index contributed by atoms with van der Waals surface area (Å²) in [4.78, 5) is 51.3. The zero-order chi connectivity index (χ0) is 34.6. The predicted molar refractivity (Wildman–Crippen MR) is 188 cm³/mol. The monoisotopic (exact) mass is 705 g/mol. The first-order valence-electron chi connectivity index (χ1n) is 18.3. The van der Waals surface area contributed by atoms with Crippen molar-refractivity contribution in [3.63, 3.8) is 0 Å². The van der Waals surface area contributed by atoms with Gasteiger partial charge in [-0.1, -0.05) is 67.1 Å². The van der Waals surface area contributed by atoms with E-state index in [2.05, 4.69) is 16.0 Å². The minimum atomic E-state index is -1.66. The quantitative estimate of drug-likeness (QED) is 0.0880. The summed E-state index contributed by atoms with van der Waals surface area (Å²) in [6.07, 6.45) is 9.16. The average molecular weight is 706 g/mol. The van der Waals surface area contributed by atoms with E-state index in [-0.39, 0.29) is 36.7 Å². The summed E-state index contributed by atoms with van der Waals surface area (Å²) in [7, 11) is 0. The maximum Gasteiger partial charge on any atom is 0.348 e. The molecule has 11 nitrogen and oxygen atoms in total. The zero-order valence-electron chi connectivity index (χ0n) is 28.6. The lowest BCUT2D eigenvalue weighted by molar-refractivity contribution is -0.956. The topological polar surface area (TPSA) is 132 Å². The van der Waals surface area contributed by atoms with Crippen molar-refractivity contribution in [1.29, 1.82) is 0 Å². The van der Waals surface area contributed by atoms with Crippen LogP contribution in [0.3, 0.4) is 0 Å². The van der Waals surface area contributed by atoms with Gasteiger partial charge in [0.25, 0.3) is 0 Å². The van der Waals surface area contributed by atoms with Crippen LogP contribution in [0.4, 0.5) is 4.79 Å². The van der Waals surface area contributed by atoms with Gasteiger partial charge >= 0.3 is 18.0 Å². The van der Waals surface area contributed by atoms with E-state index in [0.717, 1.165) is 31.4 Å². The number of benzene rings is 2. The Bertz CT molecular complexity index is 1470. The Morgan fingerprint density at radius 2 is 1.56 bits per heavy atom. The van der Waals surface area contributed by atoms with E-state index in [1.54, 1.807) is 0 Å². The highest BCUT2D eigenvalue weighted by molar-refractivity contribution is 8.00. The van der Waals surface area contributed by atoms with Gasteiger partial charge in [0, 0.05) is 55.9 Å². The van der Waals surface area contributed by atoms with Crippen LogP contribution in [0.5, 0.6) is 0 Å². The molecular formula is C38H49N4O7S+. The summed E-state index contributed by atoms with van der Waals surface area (Å²) >= 11 is 1.85. The Morgan fingerprint density at radius 3 is 2.22 bits per heavy atom. The number of quaternary nitrogens is 1. The van der Waals surface area contributed by atoms with Crippen molar-refractivity contribution in [2.24, 2.45) is 0 Å². The molecule has 3 N–H and O–H groups in total. The summed E-state index contributed by atoms with van der Waals surface area (Å²) < 4.78 is 19.4. The minimum Gasteiger partial charge on any atom is -0.459 e. The van der Waals surface area contributed by atoms with E-state index in [9.17, 15) is 19.2 Å². The number of nitrogens with zero attached hydrogens (tertiary/aromatic N) is 1. The highest BCUT2D eigenvalue weighted by atomic mass is 32.2. The minimum absolute atomic E-state index is 0.102. The number of fused-ring (bicyclic) bond motifs is 1. The van der Waals surface area contributed by atoms with E-state index in [4.69, 9.17) is 14.2 Å². The van der Waals surface area contributed by atoms with Crippen molar-refractivity contribution in [3.05, 3.63) is 71.8 Å². The molecule has 268 valence electrons. The first-order valence-corrected chi connectivity index (χ1v) is 19.4. The first kappa shape index (κ1) is 34.8. The van der Waals surface area contributed by atoms with Crippen LogP contribution in [0.1, 0.15) is 75.3 Å². The Balaban J connectivity index is 0.938. The van der Waals surface area contributed by atoms with Crippen LogP contribution >= 0.6 is 11.8 Å². The molecule has 2 bridgehead atoms. The highest BCUT2D eigenvalue weighted by Crippen LogP contribution is 2.47. The fraction of sp³-hybridized carbons (Fsp3) is 0.579. The molecule has 5 saturated heterocycles. The van der Waals surface area contributed by atoms with E-state index in [1.807, 2.05) is 72.4 Å². The fourth-order valence-corrected chi connectivity index (χ4v) is 10.8. The van der Waals surface area contributed by atoms with Crippen molar-refractivity contribution in [1.82, 2.24) is 16.0 Å². The largest absolute Gasteiger partial charge is 0.459 e. The van der Waals surface area contributed by atoms with Gasteiger partial charge in [0.15, 0.2) is 6.79 Å². The molecular weight excluding hydrogens is 657 g/mol. The van der Waals surface area contributed by atoms with Crippen LogP contribution in [-0.4, -0.2) is 96.1 Å². The Morgan fingerprint density at radius 1 is 0.900 bits per heavy atom. The lowest BCUT2D eigenvalue weighted by Crippen LogP contribution is -2.60. The number of thioether (sulfide) groups is 1.